The zero-order valence-corrected chi connectivity index (χ0v) is 14.6. The summed E-state index contributed by atoms with van der Waals surface area (Å²) in [6, 6.07) is 3.52. The predicted molar refractivity (Wildman–Crippen MR) is 86.5 cm³/mol. The van der Waals surface area contributed by atoms with E-state index in [1.165, 1.54) is 18.2 Å². The van der Waals surface area contributed by atoms with E-state index in [0.29, 0.717) is 25.7 Å². The SMILES string of the molecule is COC(=O)c1ccc(Cl)cc1S(=O)(=O)NC1CCC(C(=O)O)CC1. The van der Waals surface area contributed by atoms with Crippen LogP contribution in [-0.2, 0) is 19.6 Å². The maximum atomic E-state index is 12.6. The summed E-state index contributed by atoms with van der Waals surface area (Å²) in [6.07, 6.45) is 1.65. The van der Waals surface area contributed by atoms with E-state index in [0.717, 1.165) is 7.11 Å². The lowest BCUT2D eigenvalue weighted by Gasteiger charge is -2.26. The van der Waals surface area contributed by atoms with Gasteiger partial charge >= 0.3 is 11.9 Å². The summed E-state index contributed by atoms with van der Waals surface area (Å²) in [6.45, 7) is 0. The molecular formula is C15H18ClNO6S. The number of halogens is 1. The van der Waals surface area contributed by atoms with Crippen molar-refractivity contribution < 1.29 is 27.9 Å². The van der Waals surface area contributed by atoms with Crippen molar-refractivity contribution in [2.24, 2.45) is 5.92 Å². The molecule has 1 aliphatic rings. The zero-order valence-electron chi connectivity index (χ0n) is 13.0. The molecule has 0 atom stereocenters. The van der Waals surface area contributed by atoms with Gasteiger partial charge < -0.3 is 9.84 Å². The van der Waals surface area contributed by atoms with E-state index in [-0.39, 0.29) is 21.5 Å². The van der Waals surface area contributed by atoms with Gasteiger partial charge in [-0.2, -0.15) is 0 Å². The molecule has 0 aromatic heterocycles. The average Bonchev–Trinajstić information content (AvgIpc) is 2.54. The van der Waals surface area contributed by atoms with E-state index in [1.54, 1.807) is 0 Å². The fourth-order valence-electron chi connectivity index (χ4n) is 2.74. The zero-order chi connectivity index (χ0) is 17.9. The molecule has 9 heteroatoms. The summed E-state index contributed by atoms with van der Waals surface area (Å²) in [4.78, 5) is 22.5. The third-order valence-electron chi connectivity index (χ3n) is 4.04. The predicted octanol–water partition coefficient (Wildman–Crippen LogP) is 2.05. The molecule has 0 unspecified atom stereocenters. The van der Waals surface area contributed by atoms with E-state index in [4.69, 9.17) is 16.7 Å². The Labute approximate surface area is 145 Å². The Hall–Kier alpha value is -1.64. The number of carboxylic acid groups (broad SMARTS) is 1. The molecule has 0 amide bonds. The van der Waals surface area contributed by atoms with Gasteiger partial charge in [0.25, 0.3) is 0 Å². The number of aliphatic carboxylic acids is 1. The number of hydrogen-bond acceptors (Lipinski definition) is 5. The van der Waals surface area contributed by atoms with Crippen LogP contribution in [0.1, 0.15) is 36.0 Å². The Balaban J connectivity index is 2.21. The van der Waals surface area contributed by atoms with Gasteiger partial charge in [-0.1, -0.05) is 11.6 Å². The molecule has 0 aliphatic heterocycles. The van der Waals surface area contributed by atoms with Gasteiger partial charge in [-0.15, -0.1) is 0 Å². The number of esters is 1. The Kier molecular flexibility index (Phi) is 5.84. The molecular weight excluding hydrogens is 358 g/mol. The highest BCUT2D eigenvalue weighted by atomic mass is 35.5. The van der Waals surface area contributed by atoms with Crippen LogP contribution in [-0.4, -0.2) is 38.6 Å². The van der Waals surface area contributed by atoms with Crippen LogP contribution < -0.4 is 4.72 Å². The second kappa shape index (κ2) is 7.50. The van der Waals surface area contributed by atoms with Gasteiger partial charge in [-0.25, -0.2) is 17.9 Å². The van der Waals surface area contributed by atoms with Crippen LogP contribution in [0.3, 0.4) is 0 Å². The lowest BCUT2D eigenvalue weighted by Crippen LogP contribution is -2.39. The first-order chi connectivity index (χ1) is 11.2. The molecule has 132 valence electrons. The van der Waals surface area contributed by atoms with E-state index in [1.807, 2.05) is 0 Å². The van der Waals surface area contributed by atoms with Gasteiger partial charge in [-0.3, -0.25) is 4.79 Å². The Morgan fingerprint density at radius 2 is 1.88 bits per heavy atom. The number of sulfonamides is 1. The molecule has 1 aromatic rings. The second-order valence-corrected chi connectivity index (χ2v) is 7.76. The number of carboxylic acids is 1. The highest BCUT2D eigenvalue weighted by Crippen LogP contribution is 2.27. The summed E-state index contributed by atoms with van der Waals surface area (Å²) in [5.74, 6) is -2.08. The number of hydrogen-bond donors (Lipinski definition) is 2. The van der Waals surface area contributed by atoms with Gasteiger partial charge in [0.2, 0.25) is 10.0 Å². The minimum atomic E-state index is -3.99. The van der Waals surface area contributed by atoms with E-state index >= 15 is 0 Å². The maximum absolute atomic E-state index is 12.6. The molecule has 0 saturated heterocycles. The Morgan fingerprint density at radius 3 is 2.42 bits per heavy atom. The molecule has 0 radical (unpaired) electrons. The summed E-state index contributed by atoms with van der Waals surface area (Å²) in [5.41, 5.74) is -0.103. The minimum absolute atomic E-state index is 0.103. The van der Waals surface area contributed by atoms with E-state index in [2.05, 4.69) is 9.46 Å². The number of carbonyl (C=O) groups excluding carboxylic acids is 1. The Bertz CT molecular complexity index is 740. The molecule has 2 rings (SSSR count). The summed E-state index contributed by atoms with van der Waals surface area (Å²) in [5, 5.41) is 9.16. The van der Waals surface area contributed by atoms with Crippen LogP contribution in [0.15, 0.2) is 23.1 Å². The van der Waals surface area contributed by atoms with E-state index in [9.17, 15) is 18.0 Å². The monoisotopic (exact) mass is 375 g/mol. The standard InChI is InChI=1S/C15H18ClNO6S/c1-23-15(20)12-7-4-10(16)8-13(12)24(21,22)17-11-5-2-9(3-6-11)14(18)19/h4,7-9,11,17H,2-3,5-6H2,1H3,(H,18,19). The largest absolute Gasteiger partial charge is 0.481 e. The van der Waals surface area contributed by atoms with Gasteiger partial charge in [0.05, 0.1) is 23.5 Å². The molecule has 0 heterocycles. The van der Waals surface area contributed by atoms with Gasteiger partial charge in [-0.05, 0) is 43.9 Å². The molecule has 1 aromatic carbocycles. The van der Waals surface area contributed by atoms with Crippen molar-refractivity contribution in [3.05, 3.63) is 28.8 Å². The van der Waals surface area contributed by atoms with Crippen molar-refractivity contribution in [2.75, 3.05) is 7.11 Å². The van der Waals surface area contributed by atoms with Crippen LogP contribution >= 0.6 is 11.6 Å². The Morgan fingerprint density at radius 1 is 1.25 bits per heavy atom. The number of nitrogens with one attached hydrogen (secondary N) is 1. The maximum Gasteiger partial charge on any atom is 0.339 e. The number of benzene rings is 1. The summed E-state index contributed by atoms with van der Waals surface area (Å²) >= 11 is 5.86. The van der Waals surface area contributed by atoms with Crippen molar-refractivity contribution in [1.82, 2.24) is 4.72 Å². The number of methoxy groups -OCH3 is 1. The molecule has 24 heavy (non-hydrogen) atoms. The third-order valence-corrected chi connectivity index (χ3v) is 5.83. The first-order valence-corrected chi connectivity index (χ1v) is 9.23. The summed E-state index contributed by atoms with van der Waals surface area (Å²) < 4.78 is 32.4. The van der Waals surface area contributed by atoms with Crippen LogP contribution in [0.4, 0.5) is 0 Å². The molecule has 1 fully saturated rings. The first-order valence-electron chi connectivity index (χ1n) is 7.37. The van der Waals surface area contributed by atoms with Gasteiger partial charge in [0.15, 0.2) is 0 Å². The highest BCUT2D eigenvalue weighted by molar-refractivity contribution is 7.89. The second-order valence-electron chi connectivity index (χ2n) is 5.64. The molecule has 2 N–H and O–H groups in total. The van der Waals surface area contributed by atoms with Crippen LogP contribution in [0.5, 0.6) is 0 Å². The average molecular weight is 376 g/mol. The topological polar surface area (TPSA) is 110 Å². The van der Waals surface area contributed by atoms with Crippen molar-refractivity contribution in [3.63, 3.8) is 0 Å². The first kappa shape index (κ1) is 18.7. The molecule has 1 aliphatic carbocycles. The quantitative estimate of drug-likeness (QED) is 0.762. The minimum Gasteiger partial charge on any atom is -0.481 e. The third kappa shape index (κ3) is 4.25. The van der Waals surface area contributed by atoms with Crippen molar-refractivity contribution in [3.8, 4) is 0 Å². The smallest absolute Gasteiger partial charge is 0.339 e. The number of carbonyl (C=O) groups is 2. The van der Waals surface area contributed by atoms with Gasteiger partial charge in [0.1, 0.15) is 0 Å². The number of rotatable bonds is 5. The van der Waals surface area contributed by atoms with Crippen molar-refractivity contribution >= 4 is 33.6 Å². The molecule has 0 spiro atoms. The lowest BCUT2D eigenvalue weighted by atomic mass is 9.87. The summed E-state index contributed by atoms with van der Waals surface area (Å²) in [7, 11) is -2.83. The molecule has 7 nitrogen and oxygen atoms in total. The van der Waals surface area contributed by atoms with E-state index < -0.39 is 27.9 Å². The van der Waals surface area contributed by atoms with Crippen molar-refractivity contribution in [1.29, 1.82) is 0 Å². The molecule has 0 bridgehead atoms. The van der Waals surface area contributed by atoms with Gasteiger partial charge in [0, 0.05) is 11.1 Å². The molecule has 1 saturated carbocycles. The normalized spacial score (nSPS) is 21.2. The fourth-order valence-corrected chi connectivity index (χ4v) is 4.50. The van der Waals surface area contributed by atoms with Crippen LogP contribution in [0.2, 0.25) is 5.02 Å². The van der Waals surface area contributed by atoms with Crippen molar-refractivity contribution in [2.45, 2.75) is 36.6 Å². The van der Waals surface area contributed by atoms with Crippen LogP contribution in [0.25, 0.3) is 0 Å². The lowest BCUT2D eigenvalue weighted by molar-refractivity contribution is -0.142. The highest BCUT2D eigenvalue weighted by Gasteiger charge is 2.30. The number of ether oxygens (including phenoxy) is 1. The fraction of sp³-hybridized carbons (Fsp3) is 0.467. The van der Waals surface area contributed by atoms with Crippen LogP contribution in [0, 0.1) is 5.92 Å².